The first-order chi connectivity index (χ1) is 16.6. The first-order valence-corrected chi connectivity index (χ1v) is 11.9. The van der Waals surface area contributed by atoms with Gasteiger partial charge in [0.2, 0.25) is 5.91 Å². The lowest BCUT2D eigenvalue weighted by Crippen LogP contribution is -2.27. The predicted molar refractivity (Wildman–Crippen MR) is 128 cm³/mol. The highest BCUT2D eigenvalue weighted by molar-refractivity contribution is 7.21. The smallest absolute Gasteiger partial charge is 0.307 e. The molecule has 0 aliphatic rings. The normalized spacial score (nSPS) is 12.3. The van der Waals surface area contributed by atoms with Crippen LogP contribution >= 0.6 is 22.7 Å². The Morgan fingerprint density at radius 3 is 2.60 bits per heavy atom. The molecule has 0 aliphatic heterocycles. The van der Waals surface area contributed by atoms with Crippen molar-refractivity contribution in [3.63, 3.8) is 0 Å². The molecule has 4 heterocycles. The van der Waals surface area contributed by atoms with Crippen molar-refractivity contribution < 1.29 is 23.3 Å². The number of nitrogens with one attached hydrogen (secondary N) is 1. The first kappa shape index (κ1) is 24.3. The number of halogens is 2. The minimum atomic E-state index is -2.85. The number of primary amides is 1. The highest BCUT2D eigenvalue weighted by atomic mass is 32.1. The molecule has 182 valence electrons. The summed E-state index contributed by atoms with van der Waals surface area (Å²) in [6.07, 6.45) is -0.470. The van der Waals surface area contributed by atoms with Gasteiger partial charge in [0, 0.05) is 20.7 Å². The van der Waals surface area contributed by atoms with Crippen molar-refractivity contribution >= 4 is 56.1 Å². The minimum Gasteiger partial charge on any atom is -0.365 e. The van der Waals surface area contributed by atoms with Gasteiger partial charge in [-0.2, -0.15) is 5.10 Å². The Bertz CT molecular complexity index is 1460. The van der Waals surface area contributed by atoms with Crippen molar-refractivity contribution in [1.29, 1.82) is 0 Å². The zero-order chi connectivity index (χ0) is 25.4. The second-order valence-corrected chi connectivity index (χ2v) is 9.79. The van der Waals surface area contributed by atoms with Gasteiger partial charge in [-0.05, 0) is 31.5 Å². The second kappa shape index (κ2) is 9.46. The van der Waals surface area contributed by atoms with Gasteiger partial charge in [-0.25, -0.2) is 13.8 Å². The van der Waals surface area contributed by atoms with Crippen molar-refractivity contribution in [2.75, 3.05) is 5.32 Å². The van der Waals surface area contributed by atoms with E-state index in [1.165, 1.54) is 17.4 Å². The largest absolute Gasteiger partial charge is 0.365 e. The SMILES string of the molecule is CCC(C(=O)Nc1c(C(N)=O)sc2nc(C(F)F)cc(-c3ccc(C)s3)c12)n1cc([N+](=O)[O-])cn1. The van der Waals surface area contributed by atoms with Crippen molar-refractivity contribution in [2.24, 2.45) is 5.73 Å². The van der Waals surface area contributed by atoms with Crippen LogP contribution < -0.4 is 11.1 Å². The third-order valence-corrected chi connectivity index (χ3v) is 7.32. The molecule has 0 fully saturated rings. The van der Waals surface area contributed by atoms with Gasteiger partial charge < -0.3 is 11.1 Å². The number of aryl methyl sites for hydroxylation is 1. The van der Waals surface area contributed by atoms with Gasteiger partial charge in [0.15, 0.2) is 0 Å². The summed E-state index contributed by atoms with van der Waals surface area (Å²) in [6.45, 7) is 3.55. The molecule has 0 bridgehead atoms. The summed E-state index contributed by atoms with van der Waals surface area (Å²) in [6, 6.07) is 3.88. The van der Waals surface area contributed by atoms with Crippen LogP contribution in [0, 0.1) is 17.0 Å². The van der Waals surface area contributed by atoms with E-state index in [0.717, 1.165) is 33.3 Å². The first-order valence-electron chi connectivity index (χ1n) is 10.2. The third kappa shape index (κ3) is 4.61. The summed E-state index contributed by atoms with van der Waals surface area (Å²) in [5.41, 5.74) is 5.24. The third-order valence-electron chi connectivity index (χ3n) is 5.19. The molecule has 14 heteroatoms. The van der Waals surface area contributed by atoms with Gasteiger partial charge in [-0.15, -0.1) is 22.7 Å². The van der Waals surface area contributed by atoms with Crippen LogP contribution in [0.4, 0.5) is 20.2 Å². The lowest BCUT2D eigenvalue weighted by Gasteiger charge is -2.16. The number of anilines is 1. The zero-order valence-electron chi connectivity index (χ0n) is 18.3. The van der Waals surface area contributed by atoms with Gasteiger partial charge in [-0.3, -0.25) is 24.4 Å². The summed E-state index contributed by atoms with van der Waals surface area (Å²) in [5.74, 6) is -1.48. The maximum absolute atomic E-state index is 13.6. The Hall–Kier alpha value is -3.78. The standard InChI is InChI=1S/C21H18F2N6O4S2/c1-3-13(28-8-10(7-25-28)29(32)33)20(31)27-16-15-11(14-5-4-9(2)34-14)6-12(18(22)23)26-21(15)35-17(16)19(24)30/h4-8,13,18H,3H2,1-2H3,(H2,24,30)(H,27,31). The molecule has 4 aromatic heterocycles. The Labute approximate surface area is 204 Å². The Morgan fingerprint density at radius 2 is 2.06 bits per heavy atom. The topological polar surface area (TPSA) is 146 Å². The molecule has 4 rings (SSSR count). The number of nitrogens with two attached hydrogens (primary N) is 1. The van der Waals surface area contributed by atoms with Crippen LogP contribution in [0.1, 0.15) is 46.1 Å². The van der Waals surface area contributed by atoms with Crippen LogP contribution in [-0.2, 0) is 4.79 Å². The fourth-order valence-electron chi connectivity index (χ4n) is 3.59. The lowest BCUT2D eigenvalue weighted by atomic mass is 10.1. The van der Waals surface area contributed by atoms with E-state index in [-0.39, 0.29) is 27.5 Å². The molecule has 10 nitrogen and oxygen atoms in total. The number of pyridine rings is 1. The van der Waals surface area contributed by atoms with E-state index in [9.17, 15) is 28.5 Å². The minimum absolute atomic E-state index is 0.0527. The highest BCUT2D eigenvalue weighted by Gasteiger charge is 2.28. The van der Waals surface area contributed by atoms with Crippen LogP contribution in [0.5, 0.6) is 0 Å². The van der Waals surface area contributed by atoms with Gasteiger partial charge in [0.25, 0.3) is 12.3 Å². The molecule has 2 amide bonds. The van der Waals surface area contributed by atoms with Crippen LogP contribution in [0.15, 0.2) is 30.6 Å². The fourth-order valence-corrected chi connectivity index (χ4v) is 5.49. The van der Waals surface area contributed by atoms with Crippen LogP contribution in [0.2, 0.25) is 0 Å². The maximum atomic E-state index is 13.6. The number of aromatic nitrogens is 3. The second-order valence-electron chi connectivity index (χ2n) is 7.51. The molecule has 0 aliphatic carbocycles. The number of carbonyl (C=O) groups excluding carboxylic acids is 2. The Kier molecular flexibility index (Phi) is 6.58. The summed E-state index contributed by atoms with van der Waals surface area (Å²) >= 11 is 2.16. The molecule has 35 heavy (non-hydrogen) atoms. The lowest BCUT2D eigenvalue weighted by molar-refractivity contribution is -0.385. The molecule has 1 unspecified atom stereocenters. The highest BCUT2D eigenvalue weighted by Crippen LogP contribution is 2.44. The number of nitro groups is 1. The fraction of sp³-hybridized carbons (Fsp3) is 0.238. The number of nitrogens with zero attached hydrogens (tertiary/aromatic N) is 4. The molecule has 0 saturated heterocycles. The van der Waals surface area contributed by atoms with Crippen molar-refractivity contribution in [2.45, 2.75) is 32.7 Å². The van der Waals surface area contributed by atoms with Gasteiger partial charge in [0.05, 0.1) is 10.6 Å². The van der Waals surface area contributed by atoms with E-state index < -0.39 is 34.9 Å². The van der Waals surface area contributed by atoms with Crippen molar-refractivity contribution in [3.8, 4) is 10.4 Å². The molecular weight excluding hydrogens is 502 g/mol. The van der Waals surface area contributed by atoms with Crippen molar-refractivity contribution in [1.82, 2.24) is 14.8 Å². The van der Waals surface area contributed by atoms with E-state index in [0.29, 0.717) is 15.8 Å². The number of hydrogen-bond donors (Lipinski definition) is 2. The molecule has 4 aromatic rings. The summed E-state index contributed by atoms with van der Waals surface area (Å²) < 4.78 is 28.3. The maximum Gasteiger partial charge on any atom is 0.307 e. The molecule has 0 aromatic carbocycles. The van der Waals surface area contributed by atoms with E-state index in [4.69, 9.17) is 5.73 Å². The quantitative estimate of drug-likeness (QED) is 0.245. The Balaban J connectivity index is 1.86. The summed E-state index contributed by atoms with van der Waals surface area (Å²) in [4.78, 5) is 41.5. The number of thiophene rings is 2. The number of amides is 2. The molecule has 3 N–H and O–H groups in total. The molecule has 0 radical (unpaired) electrons. The number of fused-ring (bicyclic) bond motifs is 1. The van der Waals surface area contributed by atoms with Crippen LogP contribution in [0.25, 0.3) is 20.7 Å². The summed E-state index contributed by atoms with van der Waals surface area (Å²) in [7, 11) is 0. The van der Waals surface area contributed by atoms with E-state index in [1.54, 1.807) is 13.0 Å². The molecule has 0 saturated carbocycles. The van der Waals surface area contributed by atoms with Crippen LogP contribution in [0.3, 0.4) is 0 Å². The Morgan fingerprint density at radius 1 is 1.31 bits per heavy atom. The van der Waals surface area contributed by atoms with Crippen molar-refractivity contribution in [3.05, 3.63) is 56.2 Å². The number of hydrogen-bond acceptors (Lipinski definition) is 8. The number of alkyl halides is 2. The molecule has 0 spiro atoms. The summed E-state index contributed by atoms with van der Waals surface area (Å²) in [5, 5.41) is 17.9. The van der Waals surface area contributed by atoms with E-state index >= 15 is 0 Å². The van der Waals surface area contributed by atoms with E-state index in [1.807, 2.05) is 13.0 Å². The predicted octanol–water partition coefficient (Wildman–Crippen LogP) is 5.06. The molecular formula is C21H18F2N6O4S2. The van der Waals surface area contributed by atoms with Gasteiger partial charge in [0.1, 0.15) is 33.8 Å². The molecule has 1 atom stereocenters. The van der Waals surface area contributed by atoms with Gasteiger partial charge in [-0.1, -0.05) is 6.92 Å². The number of rotatable bonds is 8. The van der Waals surface area contributed by atoms with Gasteiger partial charge >= 0.3 is 5.69 Å². The average Bonchev–Trinajstić information content (AvgIpc) is 3.53. The average molecular weight is 521 g/mol. The van der Waals surface area contributed by atoms with Crippen LogP contribution in [-0.4, -0.2) is 31.5 Å². The monoisotopic (exact) mass is 520 g/mol. The van der Waals surface area contributed by atoms with E-state index in [2.05, 4.69) is 15.4 Å². The number of carbonyl (C=O) groups is 2. The zero-order valence-corrected chi connectivity index (χ0v) is 20.0.